The number of ether oxygens (including phenoxy) is 1. The number of rotatable bonds is 6. The average Bonchev–Trinajstić information content (AvgIpc) is 3.72. The first kappa shape index (κ1) is 32.5. The van der Waals surface area contributed by atoms with E-state index in [9.17, 15) is 19.8 Å². The van der Waals surface area contributed by atoms with E-state index >= 15 is 0 Å². The van der Waals surface area contributed by atoms with Crippen molar-refractivity contribution in [3.8, 4) is 0 Å². The van der Waals surface area contributed by atoms with Gasteiger partial charge in [0.2, 0.25) is 0 Å². The van der Waals surface area contributed by atoms with E-state index in [2.05, 4.69) is 32.7 Å². The number of aliphatic carboxylic acids is 1. The van der Waals surface area contributed by atoms with Gasteiger partial charge in [-0.2, -0.15) is 0 Å². The Morgan fingerprint density at radius 2 is 1.71 bits per heavy atom. The Bertz CT molecular complexity index is 2030. The molecule has 2 aliphatic heterocycles. The number of methoxy groups -OCH3 is 1. The SMILES string of the molecule is C=Cc1c2[n-]c(c1C)/C=C1\NC(C3=c4[n-]c(c(C)c4=C(O)[C@H]3C(=O)OC)/C=c3\[n-]/c(c(C)c3CC)=C\2)[C@@H](CCC(=O)O)[C@@H]1C.[Mg+2]. The molecule has 4 atom stereocenters. The minimum atomic E-state index is -1.05. The van der Waals surface area contributed by atoms with Gasteiger partial charge in [0.15, 0.2) is 0 Å². The van der Waals surface area contributed by atoms with Crippen molar-refractivity contribution in [3.63, 3.8) is 0 Å². The molecule has 3 N–H and O–H groups in total. The van der Waals surface area contributed by atoms with Gasteiger partial charge in [0.1, 0.15) is 11.7 Å². The van der Waals surface area contributed by atoms with Crippen LogP contribution in [0.1, 0.15) is 71.6 Å². The van der Waals surface area contributed by atoms with Gasteiger partial charge in [-0.3, -0.25) is 9.59 Å². The second kappa shape index (κ2) is 12.1. The van der Waals surface area contributed by atoms with Gasteiger partial charge in [0.25, 0.3) is 0 Å². The van der Waals surface area contributed by atoms with Crippen molar-refractivity contribution in [1.29, 1.82) is 0 Å². The third kappa shape index (κ3) is 5.08. The van der Waals surface area contributed by atoms with E-state index in [1.807, 2.05) is 38.2 Å². The van der Waals surface area contributed by atoms with Crippen LogP contribution < -0.4 is 41.5 Å². The smallest absolute Gasteiger partial charge is 0.657 e. The van der Waals surface area contributed by atoms with Crippen molar-refractivity contribution in [2.24, 2.45) is 17.8 Å². The van der Waals surface area contributed by atoms with E-state index in [1.165, 1.54) is 7.11 Å². The number of carboxylic acid groups (broad SMARTS) is 1. The molecule has 0 spiro atoms. The minimum Gasteiger partial charge on any atom is -0.657 e. The van der Waals surface area contributed by atoms with Crippen molar-refractivity contribution >= 4 is 70.6 Å². The summed E-state index contributed by atoms with van der Waals surface area (Å²) in [6.45, 7) is 14.2. The monoisotopic (exact) mass is 617 g/mol. The van der Waals surface area contributed by atoms with Crippen LogP contribution in [0.25, 0.3) is 35.6 Å². The van der Waals surface area contributed by atoms with Gasteiger partial charge in [-0.15, -0.1) is 33.1 Å². The Kier molecular flexibility index (Phi) is 8.76. The minimum absolute atomic E-state index is 0. The number of fused-ring (bicyclic) bond motifs is 8. The molecule has 1 fully saturated rings. The van der Waals surface area contributed by atoms with E-state index in [4.69, 9.17) is 19.7 Å². The molecule has 3 aromatic rings. The summed E-state index contributed by atoms with van der Waals surface area (Å²) in [6, 6.07) is -0.476. The number of hydrogen-bond donors (Lipinski definition) is 3. The largest absolute Gasteiger partial charge is 2.00 e. The second-order valence-corrected chi connectivity index (χ2v) is 12.0. The maximum atomic E-state index is 13.3. The molecule has 0 aromatic carbocycles. The fraction of sp³-hybridized carbons (Fsp3) is 0.371. The molecule has 3 aliphatic rings. The van der Waals surface area contributed by atoms with Crippen molar-refractivity contribution < 1.29 is 24.5 Å². The Balaban J connectivity index is 0.00000400. The van der Waals surface area contributed by atoms with Crippen molar-refractivity contribution in [3.05, 3.63) is 78.4 Å². The molecule has 45 heavy (non-hydrogen) atoms. The van der Waals surface area contributed by atoms with Crippen LogP contribution in [-0.2, 0) is 20.7 Å². The zero-order valence-electron chi connectivity index (χ0n) is 26.6. The van der Waals surface area contributed by atoms with Gasteiger partial charge in [-0.1, -0.05) is 67.0 Å². The number of aliphatic hydroxyl groups is 1. The summed E-state index contributed by atoms with van der Waals surface area (Å²) >= 11 is 0. The number of carbonyl (C=O) groups excluding carboxylic acids is 1. The molecule has 6 rings (SSSR count). The number of nitrogens with one attached hydrogen (secondary N) is 1. The number of aromatic nitrogens is 3. The van der Waals surface area contributed by atoms with Crippen molar-refractivity contribution in [2.45, 2.75) is 59.9 Å². The standard InChI is InChI=1S/C35H37N4O5.Mg/c1-8-19-15(3)22-12-24-17(5)21(10-11-28(40)41)32(38-24)30-31(35(43)44-7)34(42)29-18(6)25(39-33(29)30)14-27-20(9-2)16(4)23(37-27)13-26(19)36-22;/h8,12-14,17,21,31-32,38,42H,1,9-11H2,2-7H3,(H,40,41);/q-3;+2/b23-13-,24-12-,27-14-;/t17-,21-,31-,32?;/m0./s1. The van der Waals surface area contributed by atoms with Crippen LogP contribution in [0.4, 0.5) is 0 Å². The molecule has 8 bridgehead atoms. The van der Waals surface area contributed by atoms with Gasteiger partial charge in [-0.05, 0) is 50.7 Å². The Morgan fingerprint density at radius 1 is 1.02 bits per heavy atom. The normalized spacial score (nSPS) is 24.0. The number of carboxylic acids is 1. The number of esters is 1. The first-order valence-corrected chi connectivity index (χ1v) is 15.0. The van der Waals surface area contributed by atoms with E-state index in [1.54, 1.807) is 0 Å². The fourth-order valence-corrected chi connectivity index (χ4v) is 7.32. The van der Waals surface area contributed by atoms with Crippen LogP contribution >= 0.6 is 0 Å². The maximum Gasteiger partial charge on any atom is 2.00 e. The summed E-state index contributed by atoms with van der Waals surface area (Å²) in [5.41, 5.74) is 8.50. The summed E-state index contributed by atoms with van der Waals surface area (Å²) in [7, 11) is 1.30. The van der Waals surface area contributed by atoms with Gasteiger partial charge in [0, 0.05) is 23.3 Å². The number of nitrogens with zero attached hydrogens (tertiary/aromatic N) is 3. The summed E-state index contributed by atoms with van der Waals surface area (Å²) < 4.78 is 5.18. The van der Waals surface area contributed by atoms with Crippen LogP contribution in [0.3, 0.4) is 0 Å². The molecule has 3 aromatic heterocycles. The number of hydrogen-bond acceptors (Lipinski definition) is 5. The summed E-state index contributed by atoms with van der Waals surface area (Å²) in [6.07, 6.45) is 8.87. The second-order valence-electron chi connectivity index (χ2n) is 12.0. The van der Waals surface area contributed by atoms with Crippen LogP contribution in [0.5, 0.6) is 0 Å². The van der Waals surface area contributed by atoms with Crippen molar-refractivity contribution in [2.75, 3.05) is 7.11 Å². The van der Waals surface area contributed by atoms with Gasteiger partial charge < -0.3 is 35.2 Å². The van der Waals surface area contributed by atoms with Crippen LogP contribution in [0.15, 0.2) is 12.3 Å². The molecule has 10 heteroatoms. The van der Waals surface area contributed by atoms with Gasteiger partial charge in [-0.25, -0.2) is 0 Å². The molecule has 1 saturated heterocycles. The van der Waals surface area contributed by atoms with Crippen LogP contribution in [0.2, 0.25) is 0 Å². The molecule has 0 radical (unpaired) electrons. The molecule has 1 unspecified atom stereocenters. The summed E-state index contributed by atoms with van der Waals surface area (Å²) in [5.74, 6) is -2.93. The first-order chi connectivity index (χ1) is 21.0. The Labute approximate surface area is 277 Å². The fourth-order valence-electron chi connectivity index (χ4n) is 7.32. The van der Waals surface area contributed by atoms with Crippen molar-refractivity contribution in [1.82, 2.24) is 20.3 Å². The molecule has 5 heterocycles. The van der Waals surface area contributed by atoms with E-state index < -0.39 is 23.9 Å². The number of carbonyl (C=O) groups is 2. The Morgan fingerprint density at radius 3 is 2.36 bits per heavy atom. The Hall–Kier alpha value is -3.89. The third-order valence-corrected chi connectivity index (χ3v) is 9.78. The maximum absolute atomic E-state index is 13.3. The molecular formula is C35H37MgN4O5-. The van der Waals surface area contributed by atoms with Crippen LogP contribution in [0, 0.1) is 38.5 Å². The van der Waals surface area contributed by atoms with Crippen LogP contribution in [-0.4, -0.2) is 58.4 Å². The average molecular weight is 618 g/mol. The number of allylic oxidation sites excluding steroid dienone is 1. The summed E-state index contributed by atoms with van der Waals surface area (Å²) in [5, 5.41) is 27.5. The van der Waals surface area contributed by atoms with E-state index in [-0.39, 0.29) is 47.1 Å². The molecule has 9 nitrogen and oxygen atoms in total. The zero-order valence-corrected chi connectivity index (χ0v) is 28.0. The predicted molar refractivity (Wildman–Crippen MR) is 174 cm³/mol. The zero-order chi connectivity index (χ0) is 31.6. The van der Waals surface area contributed by atoms with Gasteiger partial charge in [0.05, 0.1) is 13.2 Å². The number of aliphatic hydroxyl groups excluding tert-OH is 1. The predicted octanol–water partition coefficient (Wildman–Crippen LogP) is 1.03. The van der Waals surface area contributed by atoms with Gasteiger partial charge >= 0.3 is 35.0 Å². The van der Waals surface area contributed by atoms with E-state index in [0.29, 0.717) is 28.3 Å². The van der Waals surface area contributed by atoms with E-state index in [0.717, 1.165) is 62.0 Å². The summed E-state index contributed by atoms with van der Waals surface area (Å²) in [4.78, 5) is 40.0. The molecule has 1 aliphatic carbocycles. The first-order valence-electron chi connectivity index (χ1n) is 15.0. The quantitative estimate of drug-likeness (QED) is 0.274. The molecule has 0 saturated carbocycles. The third-order valence-electron chi connectivity index (χ3n) is 9.78. The molecule has 230 valence electrons. The molecule has 0 amide bonds. The molecular weight excluding hydrogens is 581 g/mol. The topological polar surface area (TPSA) is 138 Å².